The van der Waals surface area contributed by atoms with Crippen LogP contribution < -0.4 is 15.4 Å². The van der Waals surface area contributed by atoms with E-state index in [1.807, 2.05) is 43.5 Å². The maximum Gasteiger partial charge on any atom is 0.255 e. The number of aromatic nitrogens is 1. The van der Waals surface area contributed by atoms with E-state index >= 15 is 0 Å². The molecular formula is C23H25N3O3S. The van der Waals surface area contributed by atoms with Crippen LogP contribution in [0.3, 0.4) is 0 Å². The third kappa shape index (κ3) is 5.90. The standard InChI is InChI=1S/C23H25N3O3S/c1-3-29-21-7-5-4-6-19(21)23(28)25-14-22(27)24-13-12-17-8-10-18(11-9-17)20-15-30-16(2)26-20/h4-11,15H,3,12-14H2,1-2H3,(H,24,27)(H,25,28). The van der Waals surface area contributed by atoms with Gasteiger partial charge in [-0.25, -0.2) is 4.98 Å². The number of nitrogens with one attached hydrogen (secondary N) is 2. The third-order valence-electron chi connectivity index (χ3n) is 4.45. The predicted octanol–water partition coefficient (Wildman–Crippen LogP) is 3.61. The minimum absolute atomic E-state index is 0.0819. The molecule has 0 saturated carbocycles. The first-order chi connectivity index (χ1) is 14.6. The van der Waals surface area contributed by atoms with Gasteiger partial charge in [-0.05, 0) is 38.0 Å². The van der Waals surface area contributed by atoms with Crippen LogP contribution in [0, 0.1) is 6.92 Å². The van der Waals surface area contributed by atoms with Crippen LogP contribution in [0.4, 0.5) is 0 Å². The molecule has 0 radical (unpaired) electrons. The highest BCUT2D eigenvalue weighted by atomic mass is 32.1. The van der Waals surface area contributed by atoms with Gasteiger partial charge >= 0.3 is 0 Å². The predicted molar refractivity (Wildman–Crippen MR) is 119 cm³/mol. The summed E-state index contributed by atoms with van der Waals surface area (Å²) in [6.07, 6.45) is 0.712. The molecule has 156 valence electrons. The summed E-state index contributed by atoms with van der Waals surface area (Å²) in [4.78, 5) is 28.9. The van der Waals surface area contributed by atoms with E-state index in [1.165, 1.54) is 0 Å². The molecule has 1 heterocycles. The number of carbonyl (C=O) groups is 2. The Balaban J connectivity index is 1.42. The van der Waals surface area contributed by atoms with Crippen molar-refractivity contribution in [3.63, 3.8) is 0 Å². The lowest BCUT2D eigenvalue weighted by Crippen LogP contribution is -2.37. The van der Waals surface area contributed by atoms with Crippen LogP contribution in [0.2, 0.25) is 0 Å². The van der Waals surface area contributed by atoms with Crippen molar-refractivity contribution in [2.45, 2.75) is 20.3 Å². The Bertz CT molecular complexity index is 999. The second-order valence-electron chi connectivity index (χ2n) is 6.66. The van der Waals surface area contributed by atoms with Gasteiger partial charge in [0.25, 0.3) is 5.91 Å². The summed E-state index contributed by atoms with van der Waals surface area (Å²) in [5.74, 6) is -0.0527. The van der Waals surface area contributed by atoms with Crippen LogP contribution in [0.15, 0.2) is 53.9 Å². The van der Waals surface area contributed by atoms with Crippen molar-refractivity contribution >= 4 is 23.2 Å². The average molecular weight is 424 g/mol. The molecule has 3 rings (SSSR count). The molecule has 0 bridgehead atoms. The SMILES string of the molecule is CCOc1ccccc1C(=O)NCC(=O)NCCc1ccc(-c2csc(C)n2)cc1. The number of hydrogen-bond donors (Lipinski definition) is 2. The highest BCUT2D eigenvalue weighted by Gasteiger charge is 2.12. The van der Waals surface area contributed by atoms with Gasteiger partial charge < -0.3 is 15.4 Å². The topological polar surface area (TPSA) is 80.3 Å². The normalized spacial score (nSPS) is 10.5. The Kier molecular flexibility index (Phi) is 7.57. The lowest BCUT2D eigenvalue weighted by Gasteiger charge is -2.10. The van der Waals surface area contributed by atoms with Crippen LogP contribution in [0.25, 0.3) is 11.3 Å². The Morgan fingerprint density at radius 1 is 1.07 bits per heavy atom. The molecule has 0 aliphatic carbocycles. The lowest BCUT2D eigenvalue weighted by atomic mass is 10.1. The van der Waals surface area contributed by atoms with Gasteiger partial charge in [-0.2, -0.15) is 0 Å². The molecule has 30 heavy (non-hydrogen) atoms. The molecule has 0 aliphatic heterocycles. The van der Waals surface area contributed by atoms with Crippen molar-refractivity contribution in [2.24, 2.45) is 0 Å². The third-order valence-corrected chi connectivity index (χ3v) is 5.22. The van der Waals surface area contributed by atoms with Gasteiger partial charge in [-0.1, -0.05) is 36.4 Å². The number of amides is 2. The molecule has 7 heteroatoms. The number of benzene rings is 2. The molecule has 3 aromatic rings. The van der Waals surface area contributed by atoms with Gasteiger partial charge in [0.2, 0.25) is 5.91 Å². The van der Waals surface area contributed by atoms with E-state index in [-0.39, 0.29) is 18.4 Å². The van der Waals surface area contributed by atoms with Gasteiger partial charge in [0.1, 0.15) is 5.75 Å². The quantitative estimate of drug-likeness (QED) is 0.551. The molecule has 1 aromatic heterocycles. The second-order valence-corrected chi connectivity index (χ2v) is 7.72. The Labute approximate surface area is 180 Å². The Morgan fingerprint density at radius 2 is 1.83 bits per heavy atom. The Hall–Kier alpha value is -3.19. The Morgan fingerprint density at radius 3 is 2.53 bits per heavy atom. The minimum atomic E-state index is -0.331. The van der Waals surface area contributed by atoms with Crippen molar-refractivity contribution in [3.05, 3.63) is 70.0 Å². The number of aryl methyl sites for hydroxylation is 1. The van der Waals surface area contributed by atoms with Gasteiger partial charge in [0.05, 0.1) is 29.4 Å². The smallest absolute Gasteiger partial charge is 0.255 e. The van der Waals surface area contributed by atoms with Crippen LogP contribution in [-0.2, 0) is 11.2 Å². The van der Waals surface area contributed by atoms with Crippen molar-refractivity contribution in [1.82, 2.24) is 15.6 Å². The molecule has 2 amide bonds. The number of carbonyl (C=O) groups excluding carboxylic acids is 2. The molecular weight excluding hydrogens is 398 g/mol. The number of nitrogens with zero attached hydrogens (tertiary/aromatic N) is 1. The summed E-state index contributed by atoms with van der Waals surface area (Å²) in [6.45, 7) is 4.73. The number of ether oxygens (including phenoxy) is 1. The van der Waals surface area contributed by atoms with Crippen LogP contribution >= 0.6 is 11.3 Å². The largest absolute Gasteiger partial charge is 0.493 e. The van der Waals surface area contributed by atoms with E-state index in [0.717, 1.165) is 21.8 Å². The molecule has 0 unspecified atom stereocenters. The molecule has 0 aliphatic rings. The van der Waals surface area contributed by atoms with Crippen LogP contribution in [0.5, 0.6) is 5.75 Å². The number of para-hydroxylation sites is 1. The highest BCUT2D eigenvalue weighted by molar-refractivity contribution is 7.09. The van der Waals surface area contributed by atoms with Gasteiger partial charge in [0.15, 0.2) is 0 Å². The van der Waals surface area contributed by atoms with Crippen molar-refractivity contribution in [1.29, 1.82) is 0 Å². The maximum absolute atomic E-state index is 12.3. The summed E-state index contributed by atoms with van der Waals surface area (Å²) in [7, 11) is 0. The minimum Gasteiger partial charge on any atom is -0.493 e. The molecule has 6 nitrogen and oxygen atoms in total. The highest BCUT2D eigenvalue weighted by Crippen LogP contribution is 2.22. The summed E-state index contributed by atoms with van der Waals surface area (Å²) in [5, 5.41) is 8.56. The molecule has 0 spiro atoms. The van der Waals surface area contributed by atoms with Gasteiger partial charge in [-0.15, -0.1) is 11.3 Å². The summed E-state index contributed by atoms with van der Waals surface area (Å²) < 4.78 is 5.45. The maximum atomic E-state index is 12.3. The average Bonchev–Trinajstić information content (AvgIpc) is 3.19. The zero-order valence-corrected chi connectivity index (χ0v) is 17.9. The van der Waals surface area contributed by atoms with Crippen LogP contribution in [0.1, 0.15) is 27.9 Å². The van der Waals surface area contributed by atoms with E-state index in [4.69, 9.17) is 4.74 Å². The summed E-state index contributed by atoms with van der Waals surface area (Å²) in [6, 6.07) is 15.2. The van der Waals surface area contributed by atoms with Crippen molar-refractivity contribution in [2.75, 3.05) is 19.7 Å². The van der Waals surface area contributed by atoms with E-state index in [1.54, 1.807) is 35.6 Å². The van der Waals surface area contributed by atoms with Crippen LogP contribution in [-0.4, -0.2) is 36.5 Å². The van der Waals surface area contributed by atoms with E-state index in [9.17, 15) is 9.59 Å². The van der Waals surface area contributed by atoms with E-state index in [0.29, 0.717) is 30.9 Å². The fourth-order valence-electron chi connectivity index (χ4n) is 2.94. The monoisotopic (exact) mass is 423 g/mol. The fourth-order valence-corrected chi connectivity index (χ4v) is 3.56. The fraction of sp³-hybridized carbons (Fsp3) is 0.261. The molecule has 0 atom stereocenters. The first kappa shape index (κ1) is 21.5. The van der Waals surface area contributed by atoms with Crippen molar-refractivity contribution < 1.29 is 14.3 Å². The number of rotatable bonds is 9. The summed E-state index contributed by atoms with van der Waals surface area (Å²) in [5.41, 5.74) is 3.62. The molecule has 2 aromatic carbocycles. The molecule has 0 fully saturated rings. The zero-order valence-electron chi connectivity index (χ0n) is 17.1. The van der Waals surface area contributed by atoms with Gasteiger partial charge in [-0.3, -0.25) is 9.59 Å². The zero-order chi connectivity index (χ0) is 21.3. The molecule has 0 saturated heterocycles. The van der Waals surface area contributed by atoms with Gasteiger partial charge in [0, 0.05) is 17.5 Å². The van der Waals surface area contributed by atoms with E-state index < -0.39 is 0 Å². The van der Waals surface area contributed by atoms with Crippen molar-refractivity contribution in [3.8, 4) is 17.0 Å². The first-order valence-corrected chi connectivity index (χ1v) is 10.7. The number of thiazole rings is 1. The second kappa shape index (κ2) is 10.5. The summed E-state index contributed by atoms with van der Waals surface area (Å²) >= 11 is 1.63. The van der Waals surface area contributed by atoms with E-state index in [2.05, 4.69) is 15.6 Å². The lowest BCUT2D eigenvalue weighted by molar-refractivity contribution is -0.120. The number of hydrogen-bond acceptors (Lipinski definition) is 5. The first-order valence-electron chi connectivity index (χ1n) is 9.85. The molecule has 2 N–H and O–H groups in total.